The van der Waals surface area contributed by atoms with Gasteiger partial charge in [-0.2, -0.15) is 5.10 Å². The van der Waals surface area contributed by atoms with Gasteiger partial charge >= 0.3 is 6.09 Å². The molecular weight excluding hydrogens is 306 g/mol. The highest BCUT2D eigenvalue weighted by Gasteiger charge is 2.15. The highest BCUT2D eigenvalue weighted by atomic mass is 35.5. The van der Waals surface area contributed by atoms with E-state index in [1.807, 2.05) is 20.8 Å². The fraction of sp³-hybridized carbons (Fsp3) is 0.429. The molecule has 22 heavy (non-hydrogen) atoms. The number of carbonyl (C=O) groups is 1. The van der Waals surface area contributed by atoms with Crippen LogP contribution in [0.1, 0.15) is 32.9 Å². The van der Waals surface area contributed by atoms with Crippen LogP contribution in [0.4, 0.5) is 4.79 Å². The lowest BCUT2D eigenvalue weighted by atomic mass is 10.2. The number of H-pyrrole nitrogens is 1. The van der Waals surface area contributed by atoms with Crippen LogP contribution >= 0.6 is 11.6 Å². The van der Waals surface area contributed by atoms with E-state index < -0.39 is 11.7 Å². The second-order valence-corrected chi connectivity index (χ2v) is 5.80. The van der Waals surface area contributed by atoms with Gasteiger partial charge in [-0.05, 0) is 26.7 Å². The Morgan fingerprint density at radius 3 is 2.95 bits per heavy atom. The van der Waals surface area contributed by atoms with E-state index in [2.05, 4.69) is 37.3 Å². The highest BCUT2D eigenvalue weighted by Crippen LogP contribution is 2.19. The summed E-state index contributed by atoms with van der Waals surface area (Å²) in [6.45, 7) is 5.81. The number of rotatable bonds is 2. The van der Waals surface area contributed by atoms with Gasteiger partial charge in [0.1, 0.15) is 22.8 Å². The zero-order valence-corrected chi connectivity index (χ0v) is 13.3. The third-order valence-electron chi connectivity index (χ3n) is 2.44. The van der Waals surface area contributed by atoms with Gasteiger partial charge in [0.2, 0.25) is 0 Å². The lowest BCUT2D eigenvalue weighted by Gasteiger charge is -2.19. The lowest BCUT2D eigenvalue weighted by Crippen LogP contribution is -2.32. The Morgan fingerprint density at radius 2 is 2.23 bits per heavy atom. The minimum atomic E-state index is -0.513. The Bertz CT molecular complexity index is 739. The maximum absolute atomic E-state index is 11.4. The molecule has 0 aromatic carbocycles. The Kier molecular flexibility index (Phi) is 4.83. The number of nitrogens with zero attached hydrogens (tertiary/aromatic N) is 3. The summed E-state index contributed by atoms with van der Waals surface area (Å²) in [7, 11) is 0. The smallest absolute Gasteiger partial charge is 0.407 e. The summed E-state index contributed by atoms with van der Waals surface area (Å²) in [5.74, 6) is 5.83. The third kappa shape index (κ3) is 4.33. The van der Waals surface area contributed by atoms with Crippen molar-refractivity contribution < 1.29 is 9.53 Å². The van der Waals surface area contributed by atoms with Gasteiger partial charge < -0.3 is 10.1 Å². The Hall–Kier alpha value is -2.33. The van der Waals surface area contributed by atoms with Crippen molar-refractivity contribution in [1.82, 2.24) is 25.5 Å². The molecule has 1 amide bonds. The lowest BCUT2D eigenvalue weighted by molar-refractivity contribution is 0.0529. The number of nitrogens with one attached hydrogen (secondary N) is 2. The first-order valence-corrected chi connectivity index (χ1v) is 7.05. The molecule has 7 nitrogen and oxygen atoms in total. The zero-order chi connectivity index (χ0) is 16.2. The van der Waals surface area contributed by atoms with Crippen molar-refractivity contribution >= 4 is 28.7 Å². The SMILES string of the molecule is CC(C)(C)OC(=O)NCCC#Cc1[nH]nc2ncnc(Cl)c12. The van der Waals surface area contributed by atoms with Gasteiger partial charge in [0, 0.05) is 13.0 Å². The highest BCUT2D eigenvalue weighted by molar-refractivity contribution is 6.34. The summed E-state index contributed by atoms with van der Waals surface area (Å²) in [6, 6.07) is 0. The topological polar surface area (TPSA) is 92.8 Å². The minimum absolute atomic E-state index is 0.301. The average Bonchev–Trinajstić information content (AvgIpc) is 2.81. The maximum atomic E-state index is 11.4. The van der Waals surface area contributed by atoms with Crippen LogP contribution < -0.4 is 5.32 Å². The second kappa shape index (κ2) is 6.62. The predicted octanol–water partition coefficient (Wildman–Crippen LogP) is 2.27. The van der Waals surface area contributed by atoms with Crippen LogP contribution in [-0.4, -0.2) is 38.4 Å². The van der Waals surface area contributed by atoms with Gasteiger partial charge in [0.25, 0.3) is 0 Å². The Morgan fingerprint density at radius 1 is 1.45 bits per heavy atom. The first-order chi connectivity index (χ1) is 10.4. The molecule has 0 aliphatic heterocycles. The van der Waals surface area contributed by atoms with E-state index >= 15 is 0 Å². The summed E-state index contributed by atoms with van der Waals surface area (Å²) in [5.41, 5.74) is 0.510. The van der Waals surface area contributed by atoms with E-state index in [9.17, 15) is 4.79 Å². The molecule has 0 fully saturated rings. The van der Waals surface area contributed by atoms with Gasteiger partial charge in [0.05, 0.1) is 5.39 Å². The van der Waals surface area contributed by atoms with Crippen LogP contribution in [0.15, 0.2) is 6.33 Å². The summed E-state index contributed by atoms with van der Waals surface area (Å²) in [6.07, 6.45) is 1.34. The summed E-state index contributed by atoms with van der Waals surface area (Å²) < 4.78 is 5.12. The van der Waals surface area contributed by atoms with Gasteiger partial charge in [0.15, 0.2) is 5.65 Å². The summed E-state index contributed by atoms with van der Waals surface area (Å²) >= 11 is 5.99. The van der Waals surface area contributed by atoms with Crippen LogP contribution in [0, 0.1) is 11.8 Å². The molecule has 0 aliphatic carbocycles. The molecule has 2 N–H and O–H groups in total. The van der Waals surface area contributed by atoms with Crippen LogP contribution in [-0.2, 0) is 4.74 Å². The number of hydrogen-bond acceptors (Lipinski definition) is 5. The van der Waals surface area contributed by atoms with Gasteiger partial charge in [-0.3, -0.25) is 5.10 Å². The number of aromatic nitrogens is 4. The van der Waals surface area contributed by atoms with E-state index in [0.717, 1.165) is 0 Å². The maximum Gasteiger partial charge on any atom is 0.407 e. The van der Waals surface area contributed by atoms with Crippen molar-refractivity contribution in [3.63, 3.8) is 0 Å². The normalized spacial score (nSPS) is 10.9. The van der Waals surface area contributed by atoms with E-state index in [4.69, 9.17) is 16.3 Å². The molecule has 0 unspecified atom stereocenters. The zero-order valence-electron chi connectivity index (χ0n) is 12.5. The fourth-order valence-electron chi connectivity index (χ4n) is 1.60. The van der Waals surface area contributed by atoms with E-state index in [0.29, 0.717) is 34.8 Å². The molecule has 0 radical (unpaired) electrons. The monoisotopic (exact) mass is 321 g/mol. The van der Waals surface area contributed by atoms with Crippen molar-refractivity contribution in [2.75, 3.05) is 6.54 Å². The fourth-order valence-corrected chi connectivity index (χ4v) is 1.83. The van der Waals surface area contributed by atoms with Crippen LogP contribution in [0.2, 0.25) is 5.15 Å². The first kappa shape index (κ1) is 16.0. The summed E-state index contributed by atoms with van der Waals surface area (Å²) in [4.78, 5) is 19.3. The van der Waals surface area contributed by atoms with E-state index in [1.54, 1.807) is 0 Å². The first-order valence-electron chi connectivity index (χ1n) is 6.67. The molecule has 116 valence electrons. The van der Waals surface area contributed by atoms with E-state index in [-0.39, 0.29) is 0 Å². The molecule has 2 heterocycles. The molecule has 0 spiro atoms. The number of ether oxygens (including phenoxy) is 1. The number of amides is 1. The molecule has 0 atom stereocenters. The Labute approximate surface area is 132 Å². The Balaban J connectivity index is 1.90. The number of aromatic amines is 1. The van der Waals surface area contributed by atoms with Crippen molar-refractivity contribution in [1.29, 1.82) is 0 Å². The molecular formula is C14H16ClN5O2. The molecule has 2 aromatic rings. The van der Waals surface area contributed by atoms with Crippen molar-refractivity contribution in [2.24, 2.45) is 0 Å². The second-order valence-electron chi connectivity index (χ2n) is 5.44. The average molecular weight is 322 g/mol. The van der Waals surface area contributed by atoms with Crippen LogP contribution in [0.3, 0.4) is 0 Å². The van der Waals surface area contributed by atoms with Gasteiger partial charge in [-0.15, -0.1) is 0 Å². The van der Waals surface area contributed by atoms with Gasteiger partial charge in [-0.25, -0.2) is 14.8 Å². The molecule has 2 aromatic heterocycles. The predicted molar refractivity (Wildman–Crippen MR) is 82.4 cm³/mol. The standard InChI is InChI=1S/C14H16ClN5O2/c1-14(2,3)22-13(21)16-7-5-4-6-9-10-11(15)17-8-18-12(10)20-19-9/h8H,5,7H2,1-3H3,(H,16,21)(H,17,18,19,20). The van der Waals surface area contributed by atoms with Crippen molar-refractivity contribution in [3.05, 3.63) is 17.2 Å². The van der Waals surface area contributed by atoms with Crippen LogP contribution in [0.25, 0.3) is 11.0 Å². The molecule has 8 heteroatoms. The minimum Gasteiger partial charge on any atom is -0.444 e. The molecule has 0 aliphatic rings. The van der Waals surface area contributed by atoms with E-state index in [1.165, 1.54) is 6.33 Å². The number of hydrogen-bond donors (Lipinski definition) is 2. The molecule has 0 saturated carbocycles. The number of carbonyl (C=O) groups excluding carboxylic acids is 1. The number of alkyl carbamates (subject to hydrolysis) is 1. The number of fused-ring (bicyclic) bond motifs is 1. The largest absolute Gasteiger partial charge is 0.444 e. The van der Waals surface area contributed by atoms with Gasteiger partial charge in [-0.1, -0.05) is 17.5 Å². The number of halogens is 1. The van der Waals surface area contributed by atoms with Crippen LogP contribution in [0.5, 0.6) is 0 Å². The van der Waals surface area contributed by atoms with Crippen molar-refractivity contribution in [2.45, 2.75) is 32.8 Å². The third-order valence-corrected chi connectivity index (χ3v) is 2.72. The molecule has 0 saturated heterocycles. The summed E-state index contributed by atoms with van der Waals surface area (Å²) in [5, 5.41) is 10.3. The quantitative estimate of drug-likeness (QED) is 0.503. The molecule has 0 bridgehead atoms. The molecule has 2 rings (SSSR count). The van der Waals surface area contributed by atoms with Crippen molar-refractivity contribution in [3.8, 4) is 11.8 Å².